The Kier molecular flexibility index (Phi) is 7.30. The van der Waals surface area contributed by atoms with Gasteiger partial charge < -0.3 is 9.88 Å². The minimum atomic E-state index is 0. The number of halogens is 1. The lowest BCUT2D eigenvalue weighted by Crippen LogP contribution is -2.37. The van der Waals surface area contributed by atoms with Crippen molar-refractivity contribution in [3.8, 4) is 0 Å². The predicted molar refractivity (Wildman–Crippen MR) is 109 cm³/mol. The SMILES string of the molecule is CN(C)C(c1ccccc1)c1ccc(C(=O)NC2CCCCC2)n1C.Cl. The number of amides is 1. The average molecular weight is 376 g/mol. The molecule has 1 heterocycles. The number of nitrogens with zero attached hydrogens (tertiary/aromatic N) is 2. The molecular weight excluding hydrogens is 346 g/mol. The van der Waals surface area contributed by atoms with Crippen LogP contribution in [0.15, 0.2) is 42.5 Å². The molecule has 2 aromatic rings. The van der Waals surface area contributed by atoms with Gasteiger partial charge in [0.1, 0.15) is 5.69 Å². The zero-order chi connectivity index (χ0) is 17.8. The average Bonchev–Trinajstić information content (AvgIpc) is 2.98. The number of rotatable bonds is 5. The molecule has 1 aliphatic carbocycles. The minimum Gasteiger partial charge on any atom is -0.348 e. The van der Waals surface area contributed by atoms with Crippen LogP contribution in [0.2, 0.25) is 0 Å². The van der Waals surface area contributed by atoms with Gasteiger partial charge in [0.05, 0.1) is 6.04 Å². The van der Waals surface area contributed by atoms with Crippen LogP contribution in [0.25, 0.3) is 0 Å². The summed E-state index contributed by atoms with van der Waals surface area (Å²) < 4.78 is 2.04. The van der Waals surface area contributed by atoms with Gasteiger partial charge in [0.2, 0.25) is 0 Å². The number of carbonyl (C=O) groups excluding carboxylic acids is 1. The standard InChI is InChI=1S/C21H29N3O.ClH/c1-23(2)20(16-10-6-4-7-11-16)18-14-15-19(24(18)3)21(25)22-17-12-8-5-9-13-17;/h4,6-7,10-11,14-15,17,20H,5,8-9,12-13H2,1-3H3,(H,22,25);1H. The summed E-state index contributed by atoms with van der Waals surface area (Å²) in [4.78, 5) is 14.9. The van der Waals surface area contributed by atoms with E-state index < -0.39 is 0 Å². The predicted octanol–water partition coefficient (Wildman–Crippen LogP) is 4.16. The topological polar surface area (TPSA) is 37.3 Å². The van der Waals surface area contributed by atoms with Gasteiger partial charge in [0, 0.05) is 18.8 Å². The molecule has 0 aliphatic heterocycles. The highest BCUT2D eigenvalue weighted by Gasteiger charge is 2.24. The van der Waals surface area contributed by atoms with Gasteiger partial charge >= 0.3 is 0 Å². The lowest BCUT2D eigenvalue weighted by molar-refractivity contribution is 0.0918. The molecule has 1 fully saturated rings. The third-order valence-corrected chi connectivity index (χ3v) is 5.25. The summed E-state index contributed by atoms with van der Waals surface area (Å²) in [6.45, 7) is 0. The number of hydrogen-bond acceptors (Lipinski definition) is 2. The van der Waals surface area contributed by atoms with E-state index in [4.69, 9.17) is 0 Å². The lowest BCUT2D eigenvalue weighted by atomic mass is 9.95. The highest BCUT2D eigenvalue weighted by atomic mass is 35.5. The summed E-state index contributed by atoms with van der Waals surface area (Å²) in [6.07, 6.45) is 5.95. The second-order valence-corrected chi connectivity index (χ2v) is 7.29. The Morgan fingerprint density at radius 3 is 2.35 bits per heavy atom. The summed E-state index contributed by atoms with van der Waals surface area (Å²) in [5.74, 6) is 0.0474. The third kappa shape index (κ3) is 4.49. The largest absolute Gasteiger partial charge is 0.348 e. The zero-order valence-corrected chi connectivity index (χ0v) is 16.8. The number of aromatic nitrogens is 1. The van der Waals surface area contributed by atoms with E-state index in [-0.39, 0.29) is 24.4 Å². The molecule has 0 bridgehead atoms. The molecule has 0 spiro atoms. The van der Waals surface area contributed by atoms with Crippen LogP contribution in [0.1, 0.15) is 59.9 Å². The van der Waals surface area contributed by atoms with Crippen molar-refractivity contribution >= 4 is 18.3 Å². The summed E-state index contributed by atoms with van der Waals surface area (Å²) in [5.41, 5.74) is 3.10. The van der Waals surface area contributed by atoms with Crippen LogP contribution in [0.3, 0.4) is 0 Å². The van der Waals surface area contributed by atoms with Crippen LogP contribution in [-0.2, 0) is 7.05 Å². The molecule has 1 aromatic heterocycles. The molecule has 4 nitrogen and oxygen atoms in total. The smallest absolute Gasteiger partial charge is 0.268 e. The number of hydrogen-bond donors (Lipinski definition) is 1. The van der Waals surface area contributed by atoms with Crippen molar-refractivity contribution in [3.63, 3.8) is 0 Å². The highest BCUT2D eigenvalue weighted by Crippen LogP contribution is 2.28. The Bertz CT molecular complexity index is 705. The van der Waals surface area contributed by atoms with Crippen LogP contribution >= 0.6 is 12.4 Å². The first-order chi connectivity index (χ1) is 12.1. The molecule has 1 atom stereocenters. The molecular formula is C21H30ClN3O. The number of benzene rings is 1. The Balaban J connectivity index is 0.00000243. The molecule has 1 aromatic carbocycles. The minimum absolute atomic E-state index is 0. The Morgan fingerprint density at radius 2 is 1.73 bits per heavy atom. The zero-order valence-electron chi connectivity index (χ0n) is 15.9. The van der Waals surface area contributed by atoms with E-state index >= 15 is 0 Å². The molecule has 5 heteroatoms. The summed E-state index contributed by atoms with van der Waals surface area (Å²) in [5, 5.41) is 3.22. The van der Waals surface area contributed by atoms with E-state index in [1.165, 1.54) is 24.8 Å². The van der Waals surface area contributed by atoms with Crippen molar-refractivity contribution in [1.29, 1.82) is 0 Å². The van der Waals surface area contributed by atoms with Gasteiger partial charge in [0.25, 0.3) is 5.91 Å². The van der Waals surface area contributed by atoms with Crippen molar-refractivity contribution in [2.24, 2.45) is 7.05 Å². The van der Waals surface area contributed by atoms with Crippen molar-refractivity contribution in [2.45, 2.75) is 44.2 Å². The highest BCUT2D eigenvalue weighted by molar-refractivity contribution is 5.93. The maximum atomic E-state index is 12.7. The van der Waals surface area contributed by atoms with Gasteiger partial charge in [-0.1, -0.05) is 49.6 Å². The van der Waals surface area contributed by atoms with E-state index in [2.05, 4.69) is 54.6 Å². The van der Waals surface area contributed by atoms with Gasteiger partial charge in [-0.25, -0.2) is 0 Å². The van der Waals surface area contributed by atoms with E-state index in [9.17, 15) is 4.79 Å². The number of carbonyl (C=O) groups is 1. The van der Waals surface area contributed by atoms with Crippen LogP contribution in [0.5, 0.6) is 0 Å². The quantitative estimate of drug-likeness (QED) is 0.851. The first-order valence-electron chi connectivity index (χ1n) is 9.26. The molecule has 26 heavy (non-hydrogen) atoms. The van der Waals surface area contributed by atoms with Crippen LogP contribution in [0, 0.1) is 0 Å². The third-order valence-electron chi connectivity index (χ3n) is 5.25. The van der Waals surface area contributed by atoms with Gasteiger partial charge in [0.15, 0.2) is 0 Å². The normalized spacial score (nSPS) is 16.2. The fraction of sp³-hybridized carbons (Fsp3) is 0.476. The molecule has 0 radical (unpaired) electrons. The first kappa shape index (κ1) is 20.5. The fourth-order valence-electron chi connectivity index (χ4n) is 3.90. The van der Waals surface area contributed by atoms with Gasteiger partial charge in [-0.3, -0.25) is 9.69 Å². The van der Waals surface area contributed by atoms with Crippen LogP contribution in [0.4, 0.5) is 0 Å². The molecule has 142 valence electrons. The van der Waals surface area contributed by atoms with Crippen LogP contribution < -0.4 is 5.32 Å². The van der Waals surface area contributed by atoms with Crippen molar-refractivity contribution in [2.75, 3.05) is 14.1 Å². The second kappa shape index (κ2) is 9.24. The number of nitrogens with one attached hydrogen (secondary N) is 1. The van der Waals surface area contributed by atoms with Crippen molar-refractivity contribution < 1.29 is 4.79 Å². The van der Waals surface area contributed by atoms with Gasteiger partial charge in [-0.2, -0.15) is 0 Å². The molecule has 1 N–H and O–H groups in total. The van der Waals surface area contributed by atoms with Crippen molar-refractivity contribution in [3.05, 3.63) is 59.4 Å². The summed E-state index contributed by atoms with van der Waals surface area (Å²) in [7, 11) is 6.14. The summed E-state index contributed by atoms with van der Waals surface area (Å²) in [6, 6.07) is 14.9. The van der Waals surface area contributed by atoms with E-state index in [1.807, 2.05) is 23.7 Å². The Morgan fingerprint density at radius 1 is 1.08 bits per heavy atom. The maximum absolute atomic E-state index is 12.7. The monoisotopic (exact) mass is 375 g/mol. The molecule has 1 aliphatic rings. The molecule has 1 amide bonds. The van der Waals surface area contributed by atoms with Gasteiger partial charge in [-0.15, -0.1) is 12.4 Å². The van der Waals surface area contributed by atoms with Gasteiger partial charge in [-0.05, 0) is 44.6 Å². The molecule has 1 unspecified atom stereocenters. The van der Waals surface area contributed by atoms with Crippen molar-refractivity contribution in [1.82, 2.24) is 14.8 Å². The summed E-state index contributed by atoms with van der Waals surface area (Å²) >= 11 is 0. The second-order valence-electron chi connectivity index (χ2n) is 7.29. The maximum Gasteiger partial charge on any atom is 0.268 e. The Labute approximate surface area is 163 Å². The van der Waals surface area contributed by atoms with E-state index in [1.54, 1.807) is 0 Å². The lowest BCUT2D eigenvalue weighted by Gasteiger charge is -2.26. The Hall–Kier alpha value is -1.78. The van der Waals surface area contributed by atoms with E-state index in [0.29, 0.717) is 6.04 Å². The molecule has 3 rings (SSSR count). The fourth-order valence-corrected chi connectivity index (χ4v) is 3.90. The van der Waals surface area contributed by atoms with Crippen LogP contribution in [-0.4, -0.2) is 35.5 Å². The first-order valence-corrected chi connectivity index (χ1v) is 9.26. The molecule has 0 saturated heterocycles. The molecule has 1 saturated carbocycles. The van der Waals surface area contributed by atoms with E-state index in [0.717, 1.165) is 24.2 Å².